The van der Waals surface area contributed by atoms with Gasteiger partial charge in [-0.15, -0.1) is 0 Å². The Morgan fingerprint density at radius 3 is 1.44 bits per heavy atom. The molecule has 10 heteroatoms. The summed E-state index contributed by atoms with van der Waals surface area (Å²) in [7, 11) is -4.20. The van der Waals surface area contributed by atoms with E-state index in [-0.39, 0.29) is 18.0 Å². The summed E-state index contributed by atoms with van der Waals surface area (Å²) in [5.74, 6) is 0. The lowest BCUT2D eigenvalue weighted by atomic mass is 9.82. The van der Waals surface area contributed by atoms with Crippen LogP contribution >= 0.6 is 0 Å². The molecule has 338 valence electrons. The number of nitrogens with zero attached hydrogens (tertiary/aromatic N) is 1. The summed E-state index contributed by atoms with van der Waals surface area (Å²) in [6.07, 6.45) is 47.5. The zero-order valence-corrected chi connectivity index (χ0v) is 38.1. The van der Waals surface area contributed by atoms with Gasteiger partial charge in [-0.1, -0.05) is 152 Å². The van der Waals surface area contributed by atoms with Crippen LogP contribution in [0, 0.1) is 15.5 Å². The quantitative estimate of drug-likeness (QED) is 0.0290. The molecular weight excluding hydrogens is 761 g/mol. The van der Waals surface area contributed by atoms with Crippen molar-refractivity contribution >= 4 is 15.7 Å². The number of aliphatic hydroxyl groups excluding tert-OH is 1. The van der Waals surface area contributed by atoms with E-state index in [0.29, 0.717) is 39.3 Å². The van der Waals surface area contributed by atoms with Gasteiger partial charge in [0.05, 0.1) is 11.5 Å². The van der Waals surface area contributed by atoms with Gasteiger partial charge in [-0.2, -0.15) is 0 Å². The van der Waals surface area contributed by atoms with Crippen molar-refractivity contribution in [3.63, 3.8) is 0 Å². The first-order valence-corrected chi connectivity index (χ1v) is 24.9. The SMILES string of the molecule is CCCCCC=CCC=CCCCCCCCCOCCC(CO)(CCOCCCCCCCCC=CCC=CCCCCC)CNS(=O)(=O)c1ccccc1[N+](=O)[O-]. The van der Waals surface area contributed by atoms with E-state index in [1.165, 1.54) is 127 Å². The third-order valence-electron chi connectivity index (χ3n) is 10.9. The molecule has 0 unspecified atom stereocenters. The van der Waals surface area contributed by atoms with Gasteiger partial charge in [0.1, 0.15) is 0 Å². The number of nitro groups is 1. The number of rotatable bonds is 42. The Kier molecular flexibility index (Phi) is 35.3. The van der Waals surface area contributed by atoms with Crippen molar-refractivity contribution in [1.82, 2.24) is 4.72 Å². The van der Waals surface area contributed by atoms with E-state index in [1.807, 2.05) is 0 Å². The monoisotopic (exact) mass is 845 g/mol. The molecule has 1 aromatic carbocycles. The number of allylic oxidation sites excluding steroid dienone is 8. The molecule has 1 rings (SSSR count). The second-order valence-corrected chi connectivity index (χ2v) is 17.8. The Hall–Kier alpha value is -2.63. The van der Waals surface area contributed by atoms with Crippen molar-refractivity contribution < 1.29 is 27.9 Å². The number of nitro benzene ring substituents is 1. The van der Waals surface area contributed by atoms with E-state index >= 15 is 0 Å². The molecule has 9 nitrogen and oxygen atoms in total. The van der Waals surface area contributed by atoms with E-state index in [9.17, 15) is 23.6 Å². The van der Waals surface area contributed by atoms with E-state index in [4.69, 9.17) is 9.47 Å². The van der Waals surface area contributed by atoms with Gasteiger partial charge in [-0.25, -0.2) is 13.1 Å². The Morgan fingerprint density at radius 1 is 0.610 bits per heavy atom. The van der Waals surface area contributed by atoms with Gasteiger partial charge < -0.3 is 14.6 Å². The largest absolute Gasteiger partial charge is 0.396 e. The van der Waals surface area contributed by atoms with Crippen LogP contribution in [0.2, 0.25) is 0 Å². The summed E-state index contributed by atoms with van der Waals surface area (Å²) in [6, 6.07) is 5.31. The van der Waals surface area contributed by atoms with Gasteiger partial charge in [0.25, 0.3) is 5.69 Å². The fraction of sp³-hybridized carbons (Fsp3) is 0.714. The third-order valence-corrected chi connectivity index (χ3v) is 12.3. The molecule has 2 N–H and O–H groups in total. The average Bonchev–Trinajstić information content (AvgIpc) is 3.24. The maximum Gasteiger partial charge on any atom is 0.289 e. The predicted molar refractivity (Wildman–Crippen MR) is 247 cm³/mol. The van der Waals surface area contributed by atoms with Crippen LogP contribution in [0.25, 0.3) is 0 Å². The molecule has 0 saturated heterocycles. The molecule has 0 aromatic heterocycles. The molecule has 0 saturated carbocycles. The molecule has 0 fully saturated rings. The Labute approximate surface area is 360 Å². The zero-order chi connectivity index (χ0) is 43.0. The molecule has 0 amide bonds. The number of benzene rings is 1. The standard InChI is InChI=1S/C49H84N2O7S/c1-3-5-7-9-11-13-15-17-19-21-23-25-27-29-31-35-41-57-43-39-49(46-52,45-50-59(55,56)48-38-34-33-37-47(48)51(53)54)40-44-58-42-36-32-30-28-26-24-22-20-18-16-14-12-10-8-6-4-2/h11-14,17-20,33-34,37-38,50,52H,3-10,15-16,21-32,35-36,39-46H2,1-2H3. The van der Waals surface area contributed by atoms with Crippen molar-refractivity contribution in [3.05, 3.63) is 83.0 Å². The summed E-state index contributed by atoms with van der Waals surface area (Å²) < 4.78 is 41.0. The second kappa shape index (κ2) is 38.3. The van der Waals surface area contributed by atoms with Gasteiger partial charge in [-0.05, 0) is 96.0 Å². The van der Waals surface area contributed by atoms with Crippen molar-refractivity contribution in [2.24, 2.45) is 5.41 Å². The second-order valence-electron chi connectivity index (χ2n) is 16.1. The summed E-state index contributed by atoms with van der Waals surface area (Å²) >= 11 is 0. The Bertz CT molecular complexity index is 1320. The summed E-state index contributed by atoms with van der Waals surface area (Å²) in [6.45, 7) is 6.10. The smallest absolute Gasteiger partial charge is 0.289 e. The lowest BCUT2D eigenvalue weighted by Crippen LogP contribution is -2.42. The van der Waals surface area contributed by atoms with Crippen LogP contribution in [0.4, 0.5) is 5.69 Å². The highest BCUT2D eigenvalue weighted by Crippen LogP contribution is 2.29. The topological polar surface area (TPSA) is 128 Å². The maximum atomic E-state index is 13.2. The van der Waals surface area contributed by atoms with E-state index in [1.54, 1.807) is 0 Å². The Morgan fingerprint density at radius 2 is 1.02 bits per heavy atom. The molecule has 0 radical (unpaired) electrons. The van der Waals surface area contributed by atoms with Crippen LogP contribution < -0.4 is 4.72 Å². The normalized spacial score (nSPS) is 13.5. The number of para-hydroxylation sites is 1. The molecule has 59 heavy (non-hydrogen) atoms. The van der Waals surface area contributed by atoms with Crippen LogP contribution in [0.5, 0.6) is 0 Å². The number of aliphatic hydroxyl groups is 1. The summed E-state index contributed by atoms with van der Waals surface area (Å²) in [5, 5.41) is 22.2. The number of ether oxygens (including phenoxy) is 2. The molecule has 0 aliphatic heterocycles. The van der Waals surface area contributed by atoms with Crippen molar-refractivity contribution in [2.45, 2.75) is 186 Å². The van der Waals surface area contributed by atoms with Crippen LogP contribution in [0.3, 0.4) is 0 Å². The zero-order valence-electron chi connectivity index (χ0n) is 37.3. The van der Waals surface area contributed by atoms with Crippen molar-refractivity contribution in [1.29, 1.82) is 0 Å². The van der Waals surface area contributed by atoms with Crippen LogP contribution in [-0.2, 0) is 19.5 Å². The van der Waals surface area contributed by atoms with Crippen molar-refractivity contribution in [2.75, 3.05) is 39.6 Å². The minimum absolute atomic E-state index is 0.0829. The molecular formula is C49H84N2O7S. The number of hydrogen-bond acceptors (Lipinski definition) is 7. The molecule has 1 aromatic rings. The summed E-state index contributed by atoms with van der Waals surface area (Å²) in [4.78, 5) is 10.5. The highest BCUT2D eigenvalue weighted by Gasteiger charge is 2.33. The first kappa shape index (κ1) is 54.4. The van der Waals surface area contributed by atoms with Gasteiger partial charge in [0.2, 0.25) is 10.0 Å². The first-order chi connectivity index (χ1) is 28.8. The minimum Gasteiger partial charge on any atom is -0.396 e. The third kappa shape index (κ3) is 30.1. The molecule has 0 bridgehead atoms. The van der Waals surface area contributed by atoms with Gasteiger partial charge >= 0.3 is 0 Å². The van der Waals surface area contributed by atoms with E-state index in [0.717, 1.165) is 51.4 Å². The van der Waals surface area contributed by atoms with Crippen LogP contribution in [0.1, 0.15) is 181 Å². The molecule has 0 heterocycles. The number of nitrogens with one attached hydrogen (secondary N) is 1. The summed E-state index contributed by atoms with van der Waals surface area (Å²) in [5.41, 5.74) is -1.32. The highest BCUT2D eigenvalue weighted by atomic mass is 32.2. The fourth-order valence-electron chi connectivity index (χ4n) is 6.84. The average molecular weight is 845 g/mol. The fourth-order valence-corrected chi connectivity index (χ4v) is 8.17. The number of unbranched alkanes of at least 4 members (excludes halogenated alkanes) is 18. The van der Waals surface area contributed by atoms with Crippen molar-refractivity contribution in [3.8, 4) is 0 Å². The van der Waals surface area contributed by atoms with E-state index < -0.39 is 26.0 Å². The highest BCUT2D eigenvalue weighted by molar-refractivity contribution is 7.89. The van der Waals surface area contributed by atoms with E-state index in [2.05, 4.69) is 67.2 Å². The van der Waals surface area contributed by atoms with Gasteiger partial charge in [-0.3, -0.25) is 10.1 Å². The maximum absolute atomic E-state index is 13.2. The molecule has 0 atom stereocenters. The number of hydrogen-bond donors (Lipinski definition) is 2. The molecule has 0 spiro atoms. The van der Waals surface area contributed by atoms with Gasteiger partial charge in [0, 0.05) is 44.5 Å². The first-order valence-electron chi connectivity index (χ1n) is 23.4. The molecule has 0 aliphatic rings. The number of sulfonamides is 1. The van der Waals surface area contributed by atoms with Crippen LogP contribution in [-0.4, -0.2) is 58.0 Å². The minimum atomic E-state index is -4.20. The molecule has 0 aliphatic carbocycles. The van der Waals surface area contributed by atoms with Crippen LogP contribution in [0.15, 0.2) is 77.8 Å². The Balaban J connectivity index is 2.41. The van der Waals surface area contributed by atoms with Gasteiger partial charge in [0.15, 0.2) is 4.90 Å². The lowest BCUT2D eigenvalue weighted by Gasteiger charge is -2.32. The predicted octanol–water partition coefficient (Wildman–Crippen LogP) is 13.3. The lowest BCUT2D eigenvalue weighted by molar-refractivity contribution is -0.387.